The van der Waals surface area contributed by atoms with Crippen LogP contribution in [0.1, 0.15) is 33.1 Å². The predicted molar refractivity (Wildman–Crippen MR) is 146 cm³/mol. The largest absolute Gasteiger partial charge is 0.465 e. The van der Waals surface area contributed by atoms with Crippen LogP contribution >= 0.6 is 23.4 Å². The van der Waals surface area contributed by atoms with Gasteiger partial charge >= 0.3 is 5.97 Å². The zero-order valence-electron chi connectivity index (χ0n) is 21.3. The van der Waals surface area contributed by atoms with E-state index in [0.717, 1.165) is 0 Å². The third kappa shape index (κ3) is 4.51. The monoisotopic (exact) mass is 546 g/mol. The molecular weight excluding hydrogens is 512 g/mol. The Morgan fingerprint density at radius 3 is 2.62 bits per heavy atom. The molecule has 3 saturated heterocycles. The van der Waals surface area contributed by atoms with Gasteiger partial charge in [0.05, 0.1) is 35.8 Å². The molecule has 3 unspecified atom stereocenters. The van der Waals surface area contributed by atoms with Gasteiger partial charge in [0.2, 0.25) is 5.91 Å². The maximum Gasteiger partial charge on any atom is 0.310 e. The van der Waals surface area contributed by atoms with E-state index in [1.54, 1.807) is 58.0 Å². The van der Waals surface area contributed by atoms with Crippen molar-refractivity contribution in [3.63, 3.8) is 0 Å². The summed E-state index contributed by atoms with van der Waals surface area (Å²) in [5.41, 5.74) is 0.643. The number of aliphatic hydroxyl groups is 1. The Morgan fingerprint density at radius 1 is 1.32 bits per heavy atom. The minimum absolute atomic E-state index is 0.0135. The molecular formula is C28H35ClN2O5S. The molecule has 200 valence electrons. The van der Waals surface area contributed by atoms with Crippen LogP contribution in [0.15, 0.2) is 49.6 Å². The number of nitrogens with zero attached hydrogens (tertiary/aromatic N) is 2. The number of likely N-dealkylation sites (tertiary alicyclic amines) is 1. The molecule has 7 nitrogen and oxygen atoms in total. The molecule has 3 aliphatic heterocycles. The SMILES string of the molecule is C=CCCOC(=O)[C@@H]1[C@@H]2CC(C)C3(S2)C(C(=O)N(CC=C)c2ccc(Cl)cc2)N([C@@H](CC)CO)C(=O)[C@H]13. The first-order chi connectivity index (χ1) is 17.8. The van der Waals surface area contributed by atoms with Crippen molar-refractivity contribution in [3.8, 4) is 0 Å². The molecule has 1 aromatic rings. The molecule has 37 heavy (non-hydrogen) atoms. The Morgan fingerprint density at radius 2 is 2.03 bits per heavy atom. The van der Waals surface area contributed by atoms with E-state index in [2.05, 4.69) is 20.1 Å². The number of carbonyl (C=O) groups is 3. The van der Waals surface area contributed by atoms with Gasteiger partial charge in [-0.25, -0.2) is 0 Å². The topological polar surface area (TPSA) is 87.2 Å². The lowest BCUT2D eigenvalue weighted by Gasteiger charge is -2.42. The normalized spacial score (nSPS) is 30.6. The number of aliphatic hydroxyl groups excluding tert-OH is 1. The average Bonchev–Trinajstić information content (AvgIpc) is 3.48. The second-order valence-electron chi connectivity index (χ2n) is 10.0. The van der Waals surface area contributed by atoms with Crippen molar-refractivity contribution in [2.45, 2.75) is 55.2 Å². The number of esters is 1. The van der Waals surface area contributed by atoms with E-state index in [1.165, 1.54) is 0 Å². The zero-order valence-corrected chi connectivity index (χ0v) is 22.9. The van der Waals surface area contributed by atoms with Crippen molar-refractivity contribution < 1.29 is 24.2 Å². The van der Waals surface area contributed by atoms with Crippen LogP contribution in [-0.2, 0) is 19.1 Å². The van der Waals surface area contributed by atoms with Crippen LogP contribution in [-0.4, -0.2) is 69.6 Å². The van der Waals surface area contributed by atoms with Gasteiger partial charge in [0.15, 0.2) is 0 Å². The summed E-state index contributed by atoms with van der Waals surface area (Å²) < 4.78 is 4.76. The summed E-state index contributed by atoms with van der Waals surface area (Å²) in [6, 6.07) is 5.59. The molecule has 1 aromatic carbocycles. The maximum atomic E-state index is 14.5. The van der Waals surface area contributed by atoms with Crippen LogP contribution in [0.25, 0.3) is 0 Å². The molecule has 1 N–H and O–H groups in total. The van der Waals surface area contributed by atoms with Crippen LogP contribution in [0, 0.1) is 17.8 Å². The van der Waals surface area contributed by atoms with Crippen LogP contribution in [0.2, 0.25) is 5.02 Å². The molecule has 7 atom stereocenters. The highest BCUT2D eigenvalue weighted by Crippen LogP contribution is 2.69. The molecule has 3 fully saturated rings. The summed E-state index contributed by atoms with van der Waals surface area (Å²) in [7, 11) is 0. The van der Waals surface area contributed by atoms with Crippen LogP contribution in [0.3, 0.4) is 0 Å². The van der Waals surface area contributed by atoms with E-state index in [4.69, 9.17) is 16.3 Å². The van der Waals surface area contributed by atoms with Gasteiger partial charge in [0.1, 0.15) is 6.04 Å². The Labute approximate surface area is 227 Å². The fourth-order valence-electron chi connectivity index (χ4n) is 6.37. The van der Waals surface area contributed by atoms with Crippen LogP contribution < -0.4 is 4.90 Å². The van der Waals surface area contributed by atoms with E-state index in [0.29, 0.717) is 30.0 Å². The van der Waals surface area contributed by atoms with Crippen molar-refractivity contribution in [2.24, 2.45) is 17.8 Å². The molecule has 2 amide bonds. The van der Waals surface area contributed by atoms with Crippen molar-refractivity contribution in [2.75, 3.05) is 24.7 Å². The van der Waals surface area contributed by atoms with E-state index in [9.17, 15) is 19.5 Å². The quantitative estimate of drug-likeness (QED) is 0.256. The van der Waals surface area contributed by atoms with E-state index >= 15 is 0 Å². The van der Waals surface area contributed by atoms with Gasteiger partial charge in [-0.3, -0.25) is 14.4 Å². The van der Waals surface area contributed by atoms with Gasteiger partial charge in [-0.05, 0) is 49.4 Å². The average molecular weight is 547 g/mol. The van der Waals surface area contributed by atoms with Crippen molar-refractivity contribution >= 4 is 46.8 Å². The lowest BCUT2D eigenvalue weighted by molar-refractivity contribution is -0.154. The van der Waals surface area contributed by atoms with Gasteiger partial charge < -0.3 is 19.6 Å². The Kier molecular flexibility index (Phi) is 8.41. The fraction of sp³-hybridized carbons (Fsp3) is 0.536. The number of hydrogen-bond donors (Lipinski definition) is 1. The Bertz CT molecular complexity index is 1060. The van der Waals surface area contributed by atoms with Crippen molar-refractivity contribution in [3.05, 3.63) is 54.6 Å². The molecule has 0 aliphatic carbocycles. The lowest BCUT2D eigenvalue weighted by atomic mass is 9.66. The van der Waals surface area contributed by atoms with Gasteiger partial charge in [-0.1, -0.05) is 37.6 Å². The van der Waals surface area contributed by atoms with Crippen LogP contribution in [0.4, 0.5) is 5.69 Å². The number of carbonyl (C=O) groups excluding carboxylic acids is 3. The zero-order chi connectivity index (χ0) is 26.9. The van der Waals surface area contributed by atoms with Crippen molar-refractivity contribution in [1.82, 2.24) is 4.90 Å². The minimum Gasteiger partial charge on any atom is -0.465 e. The Hall–Kier alpha value is -2.29. The second kappa shape index (κ2) is 11.2. The summed E-state index contributed by atoms with van der Waals surface area (Å²) in [4.78, 5) is 45.1. The summed E-state index contributed by atoms with van der Waals surface area (Å²) in [6.45, 7) is 11.6. The highest BCUT2D eigenvalue weighted by molar-refractivity contribution is 8.02. The number of benzene rings is 1. The van der Waals surface area contributed by atoms with Gasteiger partial charge in [0.25, 0.3) is 5.91 Å². The number of fused-ring (bicyclic) bond motifs is 1. The van der Waals surface area contributed by atoms with E-state index < -0.39 is 34.6 Å². The molecule has 1 spiro atoms. The summed E-state index contributed by atoms with van der Waals surface area (Å²) in [6.07, 6.45) is 5.06. The first-order valence-electron chi connectivity index (χ1n) is 12.8. The number of rotatable bonds is 11. The number of ether oxygens (including phenoxy) is 1. The van der Waals surface area contributed by atoms with Crippen LogP contribution in [0.5, 0.6) is 0 Å². The smallest absolute Gasteiger partial charge is 0.310 e. The Balaban J connectivity index is 1.80. The number of thioether (sulfide) groups is 1. The molecule has 9 heteroatoms. The van der Waals surface area contributed by atoms with Gasteiger partial charge in [-0.2, -0.15) is 0 Å². The minimum atomic E-state index is -0.839. The second-order valence-corrected chi connectivity index (χ2v) is 12.0. The van der Waals surface area contributed by atoms with Gasteiger partial charge in [0, 0.05) is 22.5 Å². The summed E-state index contributed by atoms with van der Waals surface area (Å²) in [5.74, 6) is -2.19. The van der Waals surface area contributed by atoms with E-state index in [1.807, 2.05) is 6.92 Å². The summed E-state index contributed by atoms with van der Waals surface area (Å²) >= 11 is 7.69. The first-order valence-corrected chi connectivity index (χ1v) is 14.1. The lowest BCUT2D eigenvalue weighted by Crippen LogP contribution is -2.59. The maximum absolute atomic E-state index is 14.5. The third-order valence-electron chi connectivity index (χ3n) is 8.05. The number of hydrogen-bond acceptors (Lipinski definition) is 6. The van der Waals surface area contributed by atoms with Crippen molar-refractivity contribution in [1.29, 1.82) is 0 Å². The van der Waals surface area contributed by atoms with Gasteiger partial charge in [-0.15, -0.1) is 24.9 Å². The highest BCUT2D eigenvalue weighted by atomic mass is 35.5. The highest BCUT2D eigenvalue weighted by Gasteiger charge is 2.77. The third-order valence-corrected chi connectivity index (χ3v) is 10.4. The molecule has 3 heterocycles. The fourth-order valence-corrected chi connectivity index (χ4v) is 8.89. The number of amides is 2. The first kappa shape index (κ1) is 27.7. The molecule has 4 rings (SSSR count). The molecule has 2 bridgehead atoms. The summed E-state index contributed by atoms with van der Waals surface area (Å²) in [5, 5.41) is 10.7. The number of halogens is 1. The molecule has 0 aromatic heterocycles. The molecule has 0 radical (unpaired) electrons. The predicted octanol–water partition coefficient (Wildman–Crippen LogP) is 4.09. The molecule has 3 aliphatic rings. The van der Waals surface area contributed by atoms with E-state index in [-0.39, 0.29) is 42.7 Å². The standard InChI is InChI=1S/C28H35ClN2O5S/c1-5-8-14-36-27(35)22-21-15-17(4)28(37-21)23(22)25(33)31(19(7-3)16-32)24(28)26(34)30(13-6-2)20-11-9-18(29)10-12-20/h5-6,9-12,17,19,21-24,32H,1-2,7-8,13-16H2,3-4H3/t17?,19-,21-,22+,23-,24?,28?/m0/s1. The number of anilines is 1. The molecule has 0 saturated carbocycles.